The third-order valence-electron chi connectivity index (χ3n) is 8.51. The number of nitrogens with zero attached hydrogens (tertiary/aromatic N) is 5. The van der Waals surface area contributed by atoms with E-state index < -0.39 is 16.8 Å². The molecular formula is C34H29Cl4F2N8O6PY5. The first-order chi connectivity index (χ1) is 25.8. The summed E-state index contributed by atoms with van der Waals surface area (Å²) in [5.41, 5.74) is 3.72. The van der Waals surface area contributed by atoms with E-state index in [4.69, 9.17) is 30.1 Å². The topological polar surface area (TPSA) is 191 Å². The maximum Gasteiger partial charge on any atom is 0.339 e. The fraction of sp³-hybridized carbons (Fsp3) is 0.235. The van der Waals surface area contributed by atoms with Gasteiger partial charge < -0.3 is 33.5 Å². The molecule has 0 amide bonds. The second-order valence-corrected chi connectivity index (χ2v) is 19.1. The number of aromatic amines is 3. The Kier molecular flexibility index (Phi) is 23.5. The van der Waals surface area contributed by atoms with Crippen LogP contribution in [0.25, 0.3) is 66.1 Å². The monoisotopic (exact) mass is 1300 g/mol. The predicted molar refractivity (Wildman–Crippen MR) is 208 cm³/mol. The Hall–Kier alpha value is 0.789. The number of H-pyrrole nitrogens is 3. The number of methoxy groups -OCH3 is 2. The molecule has 0 bridgehead atoms. The van der Waals surface area contributed by atoms with Gasteiger partial charge in [0.1, 0.15) is 51.1 Å². The van der Waals surface area contributed by atoms with Gasteiger partial charge in [0.25, 0.3) is 5.56 Å². The number of hydrogen-bond donors (Lipinski definition) is 3. The summed E-state index contributed by atoms with van der Waals surface area (Å²) in [6.07, 6.45) is 0. The molecule has 303 valence electrons. The average Bonchev–Trinajstić information content (AvgIpc) is 3.84. The molecule has 6 heterocycles. The summed E-state index contributed by atoms with van der Waals surface area (Å²) in [4.78, 5) is 33.6. The molecule has 60 heavy (non-hydrogen) atoms. The van der Waals surface area contributed by atoms with E-state index in [2.05, 4.69) is 73.9 Å². The molecule has 6 aromatic heterocycles. The van der Waals surface area contributed by atoms with Crippen LogP contribution in [0, 0.1) is 53.2 Å². The van der Waals surface area contributed by atoms with E-state index in [-0.39, 0.29) is 191 Å². The molecule has 14 nitrogen and oxygen atoms in total. The van der Waals surface area contributed by atoms with E-state index >= 15 is 8.78 Å². The number of ether oxygens (including phenoxy) is 2. The number of fused-ring (bicyclic) bond motifs is 6. The van der Waals surface area contributed by atoms with Gasteiger partial charge in [0.15, 0.2) is 11.6 Å². The molecule has 0 aliphatic carbocycles. The van der Waals surface area contributed by atoms with Gasteiger partial charge in [0.05, 0.1) is 69.7 Å². The van der Waals surface area contributed by atoms with E-state index in [1.54, 1.807) is 53.7 Å². The normalized spacial score (nSPS) is 10.6. The molecule has 0 saturated heterocycles. The van der Waals surface area contributed by atoms with Gasteiger partial charge in [-0.2, -0.15) is 0 Å². The number of rotatable bonds is 4. The summed E-state index contributed by atoms with van der Waals surface area (Å²) in [5, 5.41) is 6.66. The summed E-state index contributed by atoms with van der Waals surface area (Å²) in [5.74, 6) is 1.58. The van der Waals surface area contributed by atoms with Gasteiger partial charge in [-0.05, 0) is 87.4 Å². The zero-order valence-electron chi connectivity index (χ0n) is 32.9. The molecule has 0 atom stereocenters. The van der Waals surface area contributed by atoms with Crippen LogP contribution in [-0.4, -0.2) is 54.4 Å². The van der Waals surface area contributed by atoms with Crippen LogP contribution in [0.2, 0.25) is 5.15 Å². The Morgan fingerprint density at radius 1 is 0.650 bits per heavy atom. The van der Waals surface area contributed by atoms with Gasteiger partial charge in [-0.3, -0.25) is 9.36 Å². The fourth-order valence-electron chi connectivity index (χ4n) is 6.39. The van der Waals surface area contributed by atoms with Gasteiger partial charge in [-0.1, -0.05) is 21.9 Å². The van der Waals surface area contributed by atoms with Crippen LogP contribution in [0.5, 0.6) is 11.5 Å². The van der Waals surface area contributed by atoms with Crippen molar-refractivity contribution in [2.45, 2.75) is 41.5 Å². The summed E-state index contributed by atoms with van der Waals surface area (Å²) in [6.45, 7) is 10.3. The number of aryl methyl sites for hydroxylation is 6. The fourth-order valence-corrected chi connectivity index (χ4v) is 6.70. The molecule has 2 aromatic carbocycles. The van der Waals surface area contributed by atoms with Gasteiger partial charge in [-0.25, -0.2) is 23.7 Å². The Bertz CT molecular complexity index is 2890. The first kappa shape index (κ1) is 58.8. The Morgan fingerprint density at radius 3 is 1.43 bits per heavy atom. The van der Waals surface area contributed by atoms with Crippen LogP contribution in [-0.2, 0) is 168 Å². The van der Waals surface area contributed by atoms with E-state index in [1.807, 2.05) is 0 Å². The van der Waals surface area contributed by atoms with Crippen molar-refractivity contribution in [1.29, 1.82) is 0 Å². The summed E-state index contributed by atoms with van der Waals surface area (Å²) < 4.78 is 61.5. The van der Waals surface area contributed by atoms with Gasteiger partial charge in [0, 0.05) is 174 Å². The van der Waals surface area contributed by atoms with E-state index in [1.165, 1.54) is 14.2 Å². The molecule has 8 aromatic rings. The van der Waals surface area contributed by atoms with Crippen LogP contribution >= 0.6 is 50.5 Å². The molecule has 5 radical (unpaired) electrons. The molecule has 0 unspecified atom stereocenters. The molecule has 0 spiro atoms. The van der Waals surface area contributed by atoms with Crippen LogP contribution in [0.15, 0.2) is 26.0 Å². The third-order valence-corrected chi connectivity index (χ3v) is 8.78. The Morgan fingerprint density at radius 2 is 1.05 bits per heavy atom. The predicted octanol–water partition coefficient (Wildman–Crippen LogP) is 10.4. The smallest absolute Gasteiger partial charge is 0.339 e. The molecule has 0 fully saturated rings. The number of halogens is 6. The maximum atomic E-state index is 15.4. The third kappa shape index (κ3) is 12.2. The minimum Gasteiger partial charge on any atom is -0.496 e. The number of benzene rings is 2. The van der Waals surface area contributed by atoms with Crippen molar-refractivity contribution < 1.29 is 195 Å². The van der Waals surface area contributed by atoms with Crippen molar-refractivity contribution >= 4 is 94.4 Å². The zero-order chi connectivity index (χ0) is 40.3. The quantitative estimate of drug-likeness (QED) is 0.112. The van der Waals surface area contributed by atoms with Gasteiger partial charge >= 0.3 is 5.20 Å². The molecule has 0 saturated carbocycles. The van der Waals surface area contributed by atoms with Crippen molar-refractivity contribution in [1.82, 2.24) is 40.2 Å². The molecular weight excluding hydrogens is 1270 g/mol. The first-order valence-electron chi connectivity index (χ1n) is 15.9. The SMILES string of the molecule is COc1cc2c([nH]c3nc(C)[nH]c(=O)c32)c(F)c1-c1c(C)noc1C.COc1cc2c([nH]c3nc(C)nc(Cl)c32)c(F)c1-c1c(C)noc1C.O=P(Cl)(Cl)Cl.[Y].[Y].[Y].[Y].[Y]. The van der Waals surface area contributed by atoms with Crippen LogP contribution in [0.4, 0.5) is 8.78 Å². The van der Waals surface area contributed by atoms with Gasteiger partial charge in [0.2, 0.25) is 0 Å². The van der Waals surface area contributed by atoms with E-state index in [9.17, 15) is 9.36 Å². The number of hydrogen-bond acceptors (Lipinski definition) is 11. The Labute approximate surface area is 485 Å². The summed E-state index contributed by atoms with van der Waals surface area (Å²) in [7, 11) is 2.93. The second kappa shape index (κ2) is 24.0. The van der Waals surface area contributed by atoms with Crippen molar-refractivity contribution in [2.24, 2.45) is 0 Å². The number of aromatic nitrogens is 8. The average molecular weight is 1300 g/mol. The van der Waals surface area contributed by atoms with Crippen molar-refractivity contribution in [3.8, 4) is 33.8 Å². The largest absolute Gasteiger partial charge is 0.496 e. The van der Waals surface area contributed by atoms with E-state index in [0.717, 1.165) is 0 Å². The molecule has 0 aliphatic rings. The van der Waals surface area contributed by atoms with Crippen molar-refractivity contribution in [2.75, 3.05) is 14.2 Å². The van der Waals surface area contributed by atoms with Crippen molar-refractivity contribution in [3.05, 3.63) is 73.8 Å². The van der Waals surface area contributed by atoms with Crippen LogP contribution < -0.4 is 15.0 Å². The standard InChI is InChI=1S/C17H14ClFN4O2.C17H15FN4O3.Cl3OP.5Y/c1-6-11(7(2)25-23-6)13-10(24-4)5-9-12-16(18)20-8(3)21-17(12)22-15(9)14(13)19;1-6-11(7(2)25-22-6)13-10(24-4)5-9-12-16(21-15(9)14(13)18)19-8(3)20-17(12)23;1-5(2,3)4;;;;;/h5H,1-4H3,(H,20,21,22);5H,1-4H3,(H2,19,20,21,23);;;;;;. The second-order valence-electron chi connectivity index (χ2n) is 12.1. The van der Waals surface area contributed by atoms with Crippen LogP contribution in [0.3, 0.4) is 0 Å². The molecule has 8 rings (SSSR count). The summed E-state index contributed by atoms with van der Waals surface area (Å²) in [6, 6.07) is 3.35. The Balaban J connectivity index is 0.000000502. The minimum atomic E-state index is -3.22. The molecule has 3 N–H and O–H groups in total. The molecule has 26 heteroatoms. The van der Waals surface area contributed by atoms with Crippen LogP contribution in [0.1, 0.15) is 34.6 Å². The summed E-state index contributed by atoms with van der Waals surface area (Å²) >= 11 is 20.1. The minimum absolute atomic E-state index is 0. The number of nitrogens with one attached hydrogen (secondary N) is 3. The van der Waals surface area contributed by atoms with E-state index in [0.29, 0.717) is 95.6 Å². The van der Waals surface area contributed by atoms with Crippen molar-refractivity contribution in [3.63, 3.8) is 0 Å². The maximum absolute atomic E-state index is 15.4. The van der Waals surface area contributed by atoms with Gasteiger partial charge in [-0.15, -0.1) is 0 Å². The zero-order valence-corrected chi connectivity index (χ0v) is 51.1. The molecule has 0 aliphatic heterocycles. The first-order valence-corrected chi connectivity index (χ1v) is 20.7.